The van der Waals surface area contributed by atoms with Gasteiger partial charge in [-0.1, -0.05) is 48.5 Å². The first-order valence-corrected chi connectivity index (χ1v) is 11.8. The van der Waals surface area contributed by atoms with Crippen LogP contribution in [0.5, 0.6) is 0 Å². The van der Waals surface area contributed by atoms with Gasteiger partial charge in [-0.3, -0.25) is 9.69 Å². The molecular formula is C26H31N3O2. The maximum absolute atomic E-state index is 13.1. The number of ether oxygens (including phenoxy) is 1. The Labute approximate surface area is 184 Å². The highest BCUT2D eigenvalue weighted by Crippen LogP contribution is 2.47. The minimum absolute atomic E-state index is 0.0324. The molecule has 2 aromatic carbocycles. The van der Waals surface area contributed by atoms with E-state index < -0.39 is 0 Å². The monoisotopic (exact) mass is 417 g/mol. The highest BCUT2D eigenvalue weighted by Gasteiger charge is 2.53. The second-order valence-electron chi connectivity index (χ2n) is 9.62. The van der Waals surface area contributed by atoms with Gasteiger partial charge in [0.25, 0.3) is 5.91 Å². The molecule has 162 valence electrons. The predicted molar refractivity (Wildman–Crippen MR) is 120 cm³/mol. The summed E-state index contributed by atoms with van der Waals surface area (Å²) >= 11 is 0. The zero-order chi connectivity index (χ0) is 20.8. The summed E-state index contributed by atoms with van der Waals surface area (Å²) in [5.41, 5.74) is 3.34. The molecule has 3 saturated heterocycles. The summed E-state index contributed by atoms with van der Waals surface area (Å²) in [5.74, 6) is 0.702. The second-order valence-corrected chi connectivity index (χ2v) is 9.62. The van der Waals surface area contributed by atoms with Gasteiger partial charge in [0.05, 0.1) is 0 Å². The number of hydrogen-bond donors (Lipinski definition) is 0. The molecule has 3 unspecified atom stereocenters. The Hall–Kier alpha value is -2.21. The molecule has 31 heavy (non-hydrogen) atoms. The lowest BCUT2D eigenvalue weighted by atomic mass is 9.89. The highest BCUT2D eigenvalue weighted by molar-refractivity contribution is 5.97. The number of fused-ring (bicyclic) bond motifs is 4. The van der Waals surface area contributed by atoms with Crippen molar-refractivity contribution >= 4 is 5.91 Å². The van der Waals surface area contributed by atoms with Crippen LogP contribution in [-0.2, 0) is 11.2 Å². The van der Waals surface area contributed by atoms with Gasteiger partial charge in [-0.2, -0.15) is 0 Å². The Balaban J connectivity index is 1.03. The maximum atomic E-state index is 13.1. The fourth-order valence-corrected chi connectivity index (χ4v) is 5.85. The Morgan fingerprint density at radius 3 is 2.68 bits per heavy atom. The molecular weight excluding hydrogens is 386 g/mol. The van der Waals surface area contributed by atoms with Crippen molar-refractivity contribution in [1.82, 2.24) is 14.7 Å². The number of benzene rings is 2. The third kappa shape index (κ3) is 3.79. The molecule has 1 amide bonds. The molecule has 0 radical (unpaired) electrons. The summed E-state index contributed by atoms with van der Waals surface area (Å²) in [6.45, 7) is 6.58. The minimum atomic E-state index is -0.0324. The molecule has 0 saturated carbocycles. The molecule has 0 bridgehead atoms. The van der Waals surface area contributed by atoms with E-state index in [1.54, 1.807) is 0 Å². The average molecular weight is 418 g/mol. The first-order chi connectivity index (χ1) is 15.3. The standard InChI is InChI=1S/C26H31N3O2/c30-25-23-9-5-4-8-22(23)24-26(31-24)29(25)17-20-10-11-21-18-27(14-15-28(21)16-20)13-12-19-6-2-1-3-7-19/h1-9,20-21,24,26H,10-18H2/t20-,21?,24?,26?/m0/s1. The number of carbonyl (C=O) groups is 1. The number of carbonyl (C=O) groups excluding carboxylic acids is 1. The van der Waals surface area contributed by atoms with Crippen molar-refractivity contribution in [3.63, 3.8) is 0 Å². The number of piperazine rings is 1. The summed E-state index contributed by atoms with van der Waals surface area (Å²) in [7, 11) is 0. The lowest BCUT2D eigenvalue weighted by Crippen LogP contribution is -2.57. The van der Waals surface area contributed by atoms with Crippen molar-refractivity contribution in [3.05, 3.63) is 71.3 Å². The lowest BCUT2D eigenvalue weighted by Gasteiger charge is -2.47. The van der Waals surface area contributed by atoms with E-state index in [1.165, 1.54) is 24.9 Å². The van der Waals surface area contributed by atoms with Crippen LogP contribution in [0.1, 0.15) is 40.4 Å². The molecule has 3 fully saturated rings. The van der Waals surface area contributed by atoms with Crippen LogP contribution < -0.4 is 0 Å². The van der Waals surface area contributed by atoms with E-state index in [0.29, 0.717) is 12.0 Å². The van der Waals surface area contributed by atoms with Crippen LogP contribution in [0.3, 0.4) is 0 Å². The number of piperidine rings is 1. The smallest absolute Gasteiger partial charge is 0.256 e. The molecule has 2 aromatic rings. The quantitative estimate of drug-likeness (QED) is 0.701. The molecule has 5 heteroatoms. The van der Waals surface area contributed by atoms with Crippen molar-refractivity contribution in [2.75, 3.05) is 39.3 Å². The fraction of sp³-hybridized carbons (Fsp3) is 0.500. The number of epoxide rings is 1. The van der Waals surface area contributed by atoms with Crippen molar-refractivity contribution in [2.24, 2.45) is 5.92 Å². The zero-order valence-electron chi connectivity index (χ0n) is 18.0. The Morgan fingerprint density at radius 2 is 1.77 bits per heavy atom. The summed E-state index contributed by atoms with van der Waals surface area (Å²) in [5, 5.41) is 0. The van der Waals surface area contributed by atoms with Gasteiger partial charge >= 0.3 is 0 Å². The summed E-state index contributed by atoms with van der Waals surface area (Å²) < 4.78 is 5.90. The van der Waals surface area contributed by atoms with Gasteiger partial charge in [0.1, 0.15) is 6.10 Å². The van der Waals surface area contributed by atoms with E-state index in [-0.39, 0.29) is 18.2 Å². The number of hydrogen-bond acceptors (Lipinski definition) is 4. The van der Waals surface area contributed by atoms with Crippen molar-refractivity contribution in [2.45, 2.75) is 37.6 Å². The normalized spacial score (nSPS) is 30.5. The topological polar surface area (TPSA) is 39.3 Å². The molecule has 5 nitrogen and oxygen atoms in total. The average Bonchev–Trinajstić information content (AvgIpc) is 3.62. The largest absolute Gasteiger partial charge is 0.342 e. The van der Waals surface area contributed by atoms with Gasteiger partial charge in [-0.15, -0.1) is 0 Å². The molecule has 4 heterocycles. The molecule has 0 N–H and O–H groups in total. The first kappa shape index (κ1) is 19.5. The van der Waals surface area contributed by atoms with Gasteiger partial charge in [0.2, 0.25) is 0 Å². The Bertz CT molecular complexity index is 949. The van der Waals surface area contributed by atoms with Crippen LogP contribution in [0.15, 0.2) is 54.6 Å². The van der Waals surface area contributed by atoms with E-state index in [9.17, 15) is 4.79 Å². The Kier molecular flexibility index (Phi) is 5.05. The van der Waals surface area contributed by atoms with Crippen molar-refractivity contribution < 1.29 is 9.53 Å². The maximum Gasteiger partial charge on any atom is 0.256 e. The number of amides is 1. The van der Waals surface area contributed by atoms with Gasteiger partial charge in [-0.05, 0) is 42.4 Å². The van der Waals surface area contributed by atoms with Crippen LogP contribution in [0.2, 0.25) is 0 Å². The van der Waals surface area contributed by atoms with Crippen LogP contribution >= 0.6 is 0 Å². The SMILES string of the molecule is O=C1c2ccccc2C2OC2N1C[C@H]1CCC2CN(CCc3ccccc3)CCN2C1. The van der Waals surface area contributed by atoms with E-state index in [4.69, 9.17) is 4.74 Å². The molecule has 6 rings (SSSR count). The van der Waals surface area contributed by atoms with Crippen LogP contribution in [0.25, 0.3) is 0 Å². The van der Waals surface area contributed by atoms with Crippen LogP contribution in [0, 0.1) is 5.92 Å². The molecule has 4 aliphatic heterocycles. The first-order valence-electron chi connectivity index (χ1n) is 11.8. The summed E-state index contributed by atoms with van der Waals surface area (Å²) in [4.78, 5) is 20.4. The number of nitrogens with zero attached hydrogens (tertiary/aromatic N) is 3. The summed E-state index contributed by atoms with van der Waals surface area (Å²) in [6, 6.07) is 19.4. The van der Waals surface area contributed by atoms with E-state index in [2.05, 4.69) is 40.1 Å². The van der Waals surface area contributed by atoms with Gasteiger partial charge in [0, 0.05) is 50.9 Å². The van der Waals surface area contributed by atoms with E-state index in [1.807, 2.05) is 29.2 Å². The predicted octanol–water partition coefficient (Wildman–Crippen LogP) is 3.18. The van der Waals surface area contributed by atoms with Gasteiger partial charge in [0.15, 0.2) is 6.23 Å². The van der Waals surface area contributed by atoms with E-state index >= 15 is 0 Å². The molecule has 0 spiro atoms. The number of rotatable bonds is 5. The van der Waals surface area contributed by atoms with Crippen LogP contribution in [-0.4, -0.2) is 72.1 Å². The minimum Gasteiger partial charge on any atom is -0.342 e. The Morgan fingerprint density at radius 1 is 0.935 bits per heavy atom. The molecule has 4 aliphatic rings. The zero-order valence-corrected chi connectivity index (χ0v) is 18.0. The van der Waals surface area contributed by atoms with Crippen molar-refractivity contribution in [1.29, 1.82) is 0 Å². The van der Waals surface area contributed by atoms with Crippen LogP contribution in [0.4, 0.5) is 0 Å². The van der Waals surface area contributed by atoms with Crippen molar-refractivity contribution in [3.8, 4) is 0 Å². The molecule has 0 aliphatic carbocycles. The lowest BCUT2D eigenvalue weighted by molar-refractivity contribution is 0.0158. The fourth-order valence-electron chi connectivity index (χ4n) is 5.85. The van der Waals surface area contributed by atoms with E-state index in [0.717, 1.165) is 50.3 Å². The third-order valence-corrected chi connectivity index (χ3v) is 7.64. The third-order valence-electron chi connectivity index (χ3n) is 7.64. The summed E-state index contributed by atoms with van der Waals surface area (Å²) in [6.07, 6.45) is 3.64. The van der Waals surface area contributed by atoms with Gasteiger partial charge in [-0.25, -0.2) is 0 Å². The molecule has 4 atom stereocenters. The molecule has 0 aromatic heterocycles. The second kappa shape index (κ2) is 8.05. The van der Waals surface area contributed by atoms with Gasteiger partial charge < -0.3 is 14.5 Å². The highest BCUT2D eigenvalue weighted by atomic mass is 16.6.